The molecule has 0 aliphatic heterocycles. The van der Waals surface area contributed by atoms with Gasteiger partial charge < -0.3 is 10.1 Å². The number of ether oxygens (including phenoxy) is 1. The van der Waals surface area contributed by atoms with Crippen molar-refractivity contribution < 1.29 is 21.8 Å². The van der Waals surface area contributed by atoms with Crippen LogP contribution in [0.15, 0.2) is 66.8 Å². The van der Waals surface area contributed by atoms with Crippen molar-refractivity contribution >= 4 is 0 Å². The average Bonchev–Trinajstić information content (AvgIpc) is 3.56. The minimum atomic E-state index is 0. The third-order valence-electron chi connectivity index (χ3n) is 8.53. The normalized spacial score (nSPS) is 33.7. The number of benzene rings is 1. The van der Waals surface area contributed by atoms with Gasteiger partial charge in [0.05, 0.1) is 7.11 Å². The van der Waals surface area contributed by atoms with Crippen LogP contribution in [0, 0.1) is 17.3 Å². The van der Waals surface area contributed by atoms with Crippen LogP contribution >= 0.6 is 0 Å². The number of fused-ring (bicyclic) bond motifs is 5. The van der Waals surface area contributed by atoms with E-state index in [2.05, 4.69) is 79.0 Å². The maximum Gasteiger partial charge on any atom is 2.00 e. The number of aryl methyl sites for hydroxylation is 1. The maximum absolute atomic E-state index is 5.46. The average molecular weight is 471 g/mol. The third-order valence-corrected chi connectivity index (χ3v) is 8.53. The summed E-state index contributed by atoms with van der Waals surface area (Å²) >= 11 is 0. The largest absolute Gasteiger partial charge is 2.00 e. The van der Waals surface area contributed by atoms with Crippen LogP contribution in [-0.4, -0.2) is 19.2 Å². The zero-order valence-corrected chi connectivity index (χ0v) is 20.6. The number of hydrogen-bond acceptors (Lipinski definition) is 2. The molecule has 1 aromatic carbocycles. The van der Waals surface area contributed by atoms with Crippen LogP contribution in [-0.2, 0) is 23.5 Å². The van der Waals surface area contributed by atoms with E-state index in [0.29, 0.717) is 17.5 Å². The molecular weight excluding hydrogens is 434 g/mol. The van der Waals surface area contributed by atoms with Gasteiger partial charge in [0.25, 0.3) is 0 Å². The van der Waals surface area contributed by atoms with Gasteiger partial charge in [0, 0.05) is 12.1 Å². The Morgan fingerprint density at radius 2 is 1.81 bits per heavy atom. The molecule has 2 nitrogen and oxygen atoms in total. The molecule has 0 amide bonds. The summed E-state index contributed by atoms with van der Waals surface area (Å²) in [4.78, 5) is 0. The Balaban J connectivity index is 0.000000363. The number of methoxy groups -OCH3 is 1. The molecule has 0 bridgehead atoms. The van der Waals surface area contributed by atoms with Crippen molar-refractivity contribution in [2.24, 2.45) is 17.3 Å². The molecular formula is C29H37FeNO+2. The third kappa shape index (κ3) is 4.72. The first kappa shape index (κ1) is 23.6. The first-order valence-electron chi connectivity index (χ1n) is 12.3. The van der Waals surface area contributed by atoms with Gasteiger partial charge in [-0.15, -0.1) is 0 Å². The van der Waals surface area contributed by atoms with Crippen molar-refractivity contribution in [2.45, 2.75) is 69.9 Å². The minimum Gasteiger partial charge on any atom is -0.497 e. The van der Waals surface area contributed by atoms with E-state index in [1.165, 1.54) is 38.5 Å². The van der Waals surface area contributed by atoms with Crippen molar-refractivity contribution in [3.63, 3.8) is 0 Å². The molecule has 3 heteroatoms. The van der Waals surface area contributed by atoms with Crippen LogP contribution in [0.2, 0.25) is 0 Å². The van der Waals surface area contributed by atoms with Crippen molar-refractivity contribution in [1.29, 1.82) is 0 Å². The summed E-state index contributed by atoms with van der Waals surface area (Å²) < 4.78 is 5.46. The van der Waals surface area contributed by atoms with Gasteiger partial charge in [-0.25, -0.2) is 0 Å². The molecule has 0 spiro atoms. The topological polar surface area (TPSA) is 21.3 Å². The summed E-state index contributed by atoms with van der Waals surface area (Å²) in [6.45, 7) is 2.58. The summed E-state index contributed by atoms with van der Waals surface area (Å²) in [6, 6.07) is 7.97. The monoisotopic (exact) mass is 471 g/mol. The molecule has 0 aromatic heterocycles. The summed E-state index contributed by atoms with van der Waals surface area (Å²) in [7, 11) is 1.78. The van der Waals surface area contributed by atoms with E-state index in [0.717, 1.165) is 29.9 Å². The van der Waals surface area contributed by atoms with Gasteiger partial charge in [-0.2, -0.15) is 0 Å². The van der Waals surface area contributed by atoms with Crippen LogP contribution < -0.4 is 10.1 Å². The number of rotatable bonds is 3. The number of hydrogen-bond donors (Lipinski definition) is 1. The molecule has 2 saturated carbocycles. The molecule has 0 radical (unpaired) electrons. The predicted octanol–water partition coefficient (Wildman–Crippen LogP) is 6.50. The molecule has 32 heavy (non-hydrogen) atoms. The van der Waals surface area contributed by atoms with E-state index in [4.69, 9.17) is 4.74 Å². The first-order valence-corrected chi connectivity index (χ1v) is 12.3. The second-order valence-corrected chi connectivity index (χ2v) is 10.4. The predicted molar refractivity (Wildman–Crippen MR) is 129 cm³/mol. The Bertz CT molecular complexity index is 894. The fourth-order valence-corrected chi connectivity index (χ4v) is 7.08. The van der Waals surface area contributed by atoms with Crippen LogP contribution in [0.4, 0.5) is 0 Å². The van der Waals surface area contributed by atoms with Crippen molar-refractivity contribution in [1.82, 2.24) is 5.32 Å². The molecule has 0 saturated heterocycles. The Kier molecular flexibility index (Phi) is 7.50. The van der Waals surface area contributed by atoms with Crippen LogP contribution in [0.1, 0.15) is 62.5 Å². The number of nitrogens with one attached hydrogen (secondary N) is 1. The second-order valence-electron chi connectivity index (χ2n) is 10.4. The Morgan fingerprint density at radius 3 is 2.50 bits per heavy atom. The van der Waals surface area contributed by atoms with Crippen LogP contribution in [0.3, 0.4) is 0 Å². The van der Waals surface area contributed by atoms with E-state index < -0.39 is 0 Å². The molecule has 1 N–H and O–H groups in total. The standard InChI is InChI=1S/C24H31NO.C5H6.Fe/c1-24-12-11-21-20-10-8-19(26-2)13-16(20)7-9-22(21)23(24)14-18(15-24)25-17-5-3-4-6-17;1-2-4-5-3-1;/h3-6,8,10,13,17-18,21-23,25H,7,9,11-12,14-15H2,1-2H3;1-4H,5H2;/q;;+2/t18-,21?,22?,23?,24-;;/m1../s1. The minimum absolute atomic E-state index is 0. The van der Waals surface area contributed by atoms with Gasteiger partial charge in [-0.1, -0.05) is 61.6 Å². The summed E-state index contributed by atoms with van der Waals surface area (Å²) in [5.41, 5.74) is 3.71. The van der Waals surface area contributed by atoms with Crippen molar-refractivity contribution in [3.8, 4) is 5.75 Å². The SMILES string of the molecule is C1=CCC=C1.COc1ccc2c(c1)CCC1C2CC[C@]2(C)C[C@H](NC3C=CC=C3)CC12.[Fe+2]. The molecule has 0 heterocycles. The van der Waals surface area contributed by atoms with Crippen LogP contribution in [0.5, 0.6) is 5.75 Å². The molecule has 5 aliphatic carbocycles. The van der Waals surface area contributed by atoms with E-state index in [-0.39, 0.29) is 17.1 Å². The second kappa shape index (κ2) is 10.2. The quantitative estimate of drug-likeness (QED) is 0.508. The van der Waals surface area contributed by atoms with Crippen molar-refractivity contribution in [3.05, 3.63) is 77.9 Å². The zero-order chi connectivity index (χ0) is 21.3. The molecule has 5 atom stereocenters. The molecule has 6 rings (SSSR count). The Morgan fingerprint density at radius 1 is 1.03 bits per heavy atom. The van der Waals surface area contributed by atoms with Crippen molar-refractivity contribution in [2.75, 3.05) is 7.11 Å². The Hall–Kier alpha value is -1.54. The van der Waals surface area contributed by atoms with Gasteiger partial charge in [0.15, 0.2) is 0 Å². The molecule has 5 aliphatic rings. The van der Waals surface area contributed by atoms with E-state index in [1.807, 2.05) is 0 Å². The molecule has 2 fully saturated rings. The van der Waals surface area contributed by atoms with Gasteiger partial charge >= 0.3 is 17.1 Å². The number of allylic oxidation sites excluding steroid dienone is 6. The van der Waals surface area contributed by atoms with Gasteiger partial charge in [0.1, 0.15) is 5.75 Å². The molecule has 3 unspecified atom stereocenters. The van der Waals surface area contributed by atoms with Crippen LogP contribution in [0.25, 0.3) is 0 Å². The maximum atomic E-state index is 5.46. The van der Waals surface area contributed by atoms with E-state index in [9.17, 15) is 0 Å². The summed E-state index contributed by atoms with van der Waals surface area (Å²) in [5.74, 6) is 3.54. The fourth-order valence-electron chi connectivity index (χ4n) is 7.08. The smallest absolute Gasteiger partial charge is 0.497 e. The van der Waals surface area contributed by atoms with Gasteiger partial charge in [0.2, 0.25) is 0 Å². The molecule has 1 aromatic rings. The summed E-state index contributed by atoms with van der Waals surface area (Å²) in [6.07, 6.45) is 26.5. The van der Waals surface area contributed by atoms with Gasteiger partial charge in [-0.05, 0) is 91.4 Å². The van der Waals surface area contributed by atoms with Gasteiger partial charge in [-0.3, -0.25) is 0 Å². The fraction of sp³-hybridized carbons (Fsp3) is 0.517. The zero-order valence-electron chi connectivity index (χ0n) is 19.4. The van der Waals surface area contributed by atoms with E-state index in [1.54, 1.807) is 18.2 Å². The Labute approximate surface area is 204 Å². The molecule has 170 valence electrons. The summed E-state index contributed by atoms with van der Waals surface area (Å²) in [5, 5.41) is 3.90. The van der Waals surface area contributed by atoms with E-state index >= 15 is 0 Å². The first-order chi connectivity index (χ1) is 15.2.